The molecule has 212 valence electrons. The van der Waals surface area contributed by atoms with Gasteiger partial charge in [0.25, 0.3) is 0 Å². The molecule has 0 amide bonds. The maximum absolute atomic E-state index is 14.7. The largest absolute Gasteiger partial charge is 0.382 e. The van der Waals surface area contributed by atoms with Gasteiger partial charge in [0.15, 0.2) is 0 Å². The summed E-state index contributed by atoms with van der Waals surface area (Å²) in [7, 11) is 0. The Morgan fingerprint density at radius 2 is 1.64 bits per heavy atom. The van der Waals surface area contributed by atoms with E-state index in [0.29, 0.717) is 34.1 Å². The van der Waals surface area contributed by atoms with E-state index in [-0.39, 0.29) is 25.2 Å². The number of nitrogens with one attached hydrogen (secondary N) is 1. The van der Waals surface area contributed by atoms with Crippen LogP contribution in [0.5, 0.6) is 0 Å². The molecule has 0 unspecified atom stereocenters. The summed E-state index contributed by atoms with van der Waals surface area (Å²) in [5.41, 5.74) is 1.91. The Hall–Kier alpha value is -4.94. The molecule has 0 aliphatic carbocycles. The number of benzene rings is 2. The number of nitrogens with zero attached hydrogens (tertiary/aromatic N) is 6. The zero-order valence-electron chi connectivity index (χ0n) is 21.9. The molecule has 4 aromatic heterocycles. The quantitative estimate of drug-likeness (QED) is 0.240. The number of rotatable bonds is 9. The Balaban J connectivity index is 1.30. The zero-order valence-corrected chi connectivity index (χ0v) is 21.9. The molecule has 2 N–H and O–H groups in total. The molecule has 0 spiro atoms. The Bertz CT molecular complexity index is 1860. The number of aromatic nitrogens is 6. The SMILES string of the molecule is O[C@@](CNCc1cc(-c2c(-c3ccc(F)cc3)nn3cc(F)ccc23)ccn1)(Cn1cncn1)c1ccc(F)cc1F. The maximum Gasteiger partial charge on any atom is 0.141 e. The van der Waals surface area contributed by atoms with Gasteiger partial charge in [-0.05, 0) is 60.2 Å². The molecule has 0 fully saturated rings. The van der Waals surface area contributed by atoms with Crippen molar-refractivity contribution in [3.63, 3.8) is 0 Å². The molecule has 0 bridgehead atoms. The van der Waals surface area contributed by atoms with E-state index in [4.69, 9.17) is 0 Å². The highest BCUT2D eigenvalue weighted by Crippen LogP contribution is 2.35. The summed E-state index contributed by atoms with van der Waals surface area (Å²) < 4.78 is 58.8. The van der Waals surface area contributed by atoms with Crippen LogP contribution in [0.3, 0.4) is 0 Å². The topological polar surface area (TPSA) is 93.2 Å². The van der Waals surface area contributed by atoms with E-state index in [9.17, 15) is 22.7 Å². The molecule has 0 aliphatic rings. The van der Waals surface area contributed by atoms with Gasteiger partial charge in [0.05, 0.1) is 24.0 Å². The predicted molar refractivity (Wildman–Crippen MR) is 146 cm³/mol. The summed E-state index contributed by atoms with van der Waals surface area (Å²) in [5.74, 6) is -2.50. The van der Waals surface area contributed by atoms with Gasteiger partial charge in [0.2, 0.25) is 0 Å². The van der Waals surface area contributed by atoms with Gasteiger partial charge in [-0.3, -0.25) is 4.98 Å². The lowest BCUT2D eigenvalue weighted by Crippen LogP contribution is -2.42. The highest BCUT2D eigenvalue weighted by Gasteiger charge is 2.33. The lowest BCUT2D eigenvalue weighted by atomic mass is 9.92. The number of pyridine rings is 2. The molecule has 0 radical (unpaired) electrons. The van der Waals surface area contributed by atoms with Crippen LogP contribution in [0.25, 0.3) is 27.9 Å². The highest BCUT2D eigenvalue weighted by molar-refractivity contribution is 5.92. The lowest BCUT2D eigenvalue weighted by Gasteiger charge is -2.29. The molecular formula is C30H23F4N7O. The normalized spacial score (nSPS) is 13.0. The van der Waals surface area contributed by atoms with Crippen molar-refractivity contribution >= 4 is 5.52 Å². The van der Waals surface area contributed by atoms with E-state index < -0.39 is 28.9 Å². The molecule has 0 saturated heterocycles. The molecule has 0 aliphatic heterocycles. The van der Waals surface area contributed by atoms with Crippen molar-refractivity contribution in [2.75, 3.05) is 6.54 Å². The first-order valence-electron chi connectivity index (χ1n) is 12.9. The third-order valence-electron chi connectivity index (χ3n) is 6.86. The van der Waals surface area contributed by atoms with Gasteiger partial charge in [-0.2, -0.15) is 10.2 Å². The second-order valence-corrected chi connectivity index (χ2v) is 9.80. The Kier molecular flexibility index (Phi) is 7.23. The van der Waals surface area contributed by atoms with Crippen molar-refractivity contribution in [3.8, 4) is 22.4 Å². The molecule has 0 saturated carbocycles. The first kappa shape index (κ1) is 27.2. The number of hydrogen-bond donors (Lipinski definition) is 2. The van der Waals surface area contributed by atoms with E-state index in [1.54, 1.807) is 30.5 Å². The molecule has 2 aromatic carbocycles. The van der Waals surface area contributed by atoms with Crippen molar-refractivity contribution < 1.29 is 22.7 Å². The van der Waals surface area contributed by atoms with Gasteiger partial charge in [-0.15, -0.1) is 0 Å². The fourth-order valence-electron chi connectivity index (χ4n) is 4.93. The van der Waals surface area contributed by atoms with Crippen LogP contribution in [-0.4, -0.2) is 41.0 Å². The first-order chi connectivity index (χ1) is 20.3. The first-order valence-corrected chi connectivity index (χ1v) is 12.9. The van der Waals surface area contributed by atoms with Crippen LogP contribution in [0.15, 0.2) is 91.8 Å². The highest BCUT2D eigenvalue weighted by atomic mass is 19.1. The van der Waals surface area contributed by atoms with Crippen molar-refractivity contribution in [1.29, 1.82) is 0 Å². The summed E-state index contributed by atoms with van der Waals surface area (Å²) in [4.78, 5) is 8.29. The third kappa shape index (κ3) is 5.49. The average Bonchev–Trinajstić information content (AvgIpc) is 3.61. The average molecular weight is 574 g/mol. The number of fused-ring (bicyclic) bond motifs is 1. The van der Waals surface area contributed by atoms with E-state index in [2.05, 4.69) is 25.5 Å². The van der Waals surface area contributed by atoms with Crippen LogP contribution in [0.2, 0.25) is 0 Å². The van der Waals surface area contributed by atoms with Gasteiger partial charge in [0, 0.05) is 42.0 Å². The summed E-state index contributed by atoms with van der Waals surface area (Å²) in [5, 5.41) is 23.2. The minimum absolute atomic E-state index is 0.101. The van der Waals surface area contributed by atoms with E-state index in [1.165, 1.54) is 52.3 Å². The number of aliphatic hydroxyl groups is 1. The van der Waals surface area contributed by atoms with Gasteiger partial charge in [0.1, 0.15) is 47.2 Å². The zero-order chi connectivity index (χ0) is 29.3. The van der Waals surface area contributed by atoms with Gasteiger partial charge >= 0.3 is 0 Å². The van der Waals surface area contributed by atoms with Crippen LogP contribution in [0.4, 0.5) is 17.6 Å². The van der Waals surface area contributed by atoms with Crippen molar-refractivity contribution in [2.45, 2.75) is 18.7 Å². The van der Waals surface area contributed by atoms with Crippen molar-refractivity contribution in [1.82, 2.24) is 34.7 Å². The van der Waals surface area contributed by atoms with Crippen LogP contribution < -0.4 is 5.32 Å². The van der Waals surface area contributed by atoms with E-state index in [1.807, 2.05) is 6.07 Å². The molecule has 6 rings (SSSR count). The molecule has 42 heavy (non-hydrogen) atoms. The van der Waals surface area contributed by atoms with Gasteiger partial charge in [-0.1, -0.05) is 6.07 Å². The Morgan fingerprint density at radius 1 is 0.857 bits per heavy atom. The summed E-state index contributed by atoms with van der Waals surface area (Å²) >= 11 is 0. The Labute approximate surface area is 236 Å². The van der Waals surface area contributed by atoms with Crippen LogP contribution in [0, 0.1) is 23.3 Å². The molecular weight excluding hydrogens is 550 g/mol. The van der Waals surface area contributed by atoms with Gasteiger partial charge in [-0.25, -0.2) is 31.7 Å². The predicted octanol–water partition coefficient (Wildman–Crippen LogP) is 4.89. The summed E-state index contributed by atoms with van der Waals surface area (Å²) in [6.07, 6.45) is 5.55. The van der Waals surface area contributed by atoms with Gasteiger partial charge < -0.3 is 10.4 Å². The number of hydrogen-bond acceptors (Lipinski definition) is 6. The maximum atomic E-state index is 14.7. The lowest BCUT2D eigenvalue weighted by molar-refractivity contribution is 0.0117. The minimum atomic E-state index is -1.80. The van der Waals surface area contributed by atoms with Crippen molar-refractivity contribution in [2.24, 2.45) is 0 Å². The molecule has 1 atom stereocenters. The molecule has 8 nitrogen and oxygen atoms in total. The number of halogens is 4. The van der Waals surface area contributed by atoms with E-state index >= 15 is 0 Å². The molecule has 4 heterocycles. The van der Waals surface area contributed by atoms with E-state index in [0.717, 1.165) is 11.6 Å². The Morgan fingerprint density at radius 3 is 2.40 bits per heavy atom. The van der Waals surface area contributed by atoms with Crippen LogP contribution in [-0.2, 0) is 18.7 Å². The second-order valence-electron chi connectivity index (χ2n) is 9.80. The minimum Gasteiger partial charge on any atom is -0.382 e. The third-order valence-corrected chi connectivity index (χ3v) is 6.86. The fourth-order valence-corrected chi connectivity index (χ4v) is 4.93. The van der Waals surface area contributed by atoms with Crippen molar-refractivity contribution in [3.05, 3.63) is 126 Å². The molecule has 6 aromatic rings. The monoisotopic (exact) mass is 573 g/mol. The van der Waals surface area contributed by atoms with Crippen LogP contribution in [0.1, 0.15) is 11.3 Å². The fraction of sp³-hybridized carbons (Fsp3) is 0.133. The smallest absolute Gasteiger partial charge is 0.141 e. The summed E-state index contributed by atoms with van der Waals surface area (Å²) in [6, 6.07) is 15.4. The standard InChI is InChI=1S/C30H23F4N7O/c31-21-3-1-19(2-4-21)29-28(27-8-6-23(33)14-41(27)39-29)20-9-10-37-24(11-20)13-35-15-30(42,16-40-18-36-17-38-40)25-7-5-22(32)12-26(25)34/h1-12,14,17-18,35,42H,13,15-16H2/t30-/m0/s1. The molecule has 12 heteroatoms. The second kappa shape index (κ2) is 11.1. The summed E-state index contributed by atoms with van der Waals surface area (Å²) in [6.45, 7) is -0.0931. The van der Waals surface area contributed by atoms with Crippen LogP contribution >= 0.6 is 0 Å².